The van der Waals surface area contributed by atoms with E-state index in [0.29, 0.717) is 28.4 Å². The van der Waals surface area contributed by atoms with Gasteiger partial charge in [-0.05, 0) is 59.7 Å². The maximum Gasteiger partial charge on any atom is 0.374 e. The van der Waals surface area contributed by atoms with Crippen LogP contribution in [0.3, 0.4) is 0 Å². The van der Waals surface area contributed by atoms with Crippen LogP contribution >= 0.6 is 15.9 Å². The molecule has 1 aromatic rings. The van der Waals surface area contributed by atoms with Crippen LogP contribution in [-0.4, -0.2) is 41.0 Å². The molecule has 0 aromatic carbocycles. The number of nitrogens with one attached hydrogen (secondary N) is 2. The lowest BCUT2D eigenvalue weighted by molar-refractivity contribution is -0.141. The Morgan fingerprint density at radius 2 is 2.08 bits per heavy atom. The Morgan fingerprint density at radius 3 is 2.69 bits per heavy atom. The third kappa shape index (κ3) is 3.59. The fourth-order valence-electron chi connectivity index (χ4n) is 3.10. The minimum absolute atomic E-state index is 0.0741. The number of esters is 1. The van der Waals surface area contributed by atoms with Crippen molar-refractivity contribution in [2.45, 2.75) is 38.1 Å². The van der Waals surface area contributed by atoms with Gasteiger partial charge in [-0.2, -0.15) is 5.01 Å². The molecule has 3 rings (SSSR count). The van der Waals surface area contributed by atoms with E-state index in [2.05, 4.69) is 33.6 Å². The molecular formula is C16H18BrN3O6. The number of amides is 4. The summed E-state index contributed by atoms with van der Waals surface area (Å²) in [5.74, 6) is -1.69. The van der Waals surface area contributed by atoms with Crippen molar-refractivity contribution >= 4 is 39.7 Å². The Labute approximate surface area is 157 Å². The van der Waals surface area contributed by atoms with E-state index in [0.717, 1.165) is 12.8 Å². The van der Waals surface area contributed by atoms with Gasteiger partial charge in [0.1, 0.15) is 5.54 Å². The van der Waals surface area contributed by atoms with Gasteiger partial charge in [0.25, 0.3) is 11.8 Å². The molecule has 2 N–H and O–H groups in total. The first-order valence-corrected chi connectivity index (χ1v) is 8.99. The number of carbonyl (C=O) groups excluding carboxylic acids is 4. The summed E-state index contributed by atoms with van der Waals surface area (Å²) >= 11 is 3.05. The molecule has 140 valence electrons. The summed E-state index contributed by atoms with van der Waals surface area (Å²) in [4.78, 5) is 48.4. The molecular weight excluding hydrogens is 410 g/mol. The molecule has 0 bridgehead atoms. The van der Waals surface area contributed by atoms with Crippen molar-refractivity contribution in [1.82, 2.24) is 15.8 Å². The Balaban J connectivity index is 1.55. The highest BCUT2D eigenvalue weighted by atomic mass is 79.9. The number of hydrazine groups is 1. The van der Waals surface area contributed by atoms with Crippen molar-refractivity contribution in [2.24, 2.45) is 5.92 Å². The van der Waals surface area contributed by atoms with Crippen LogP contribution in [0.25, 0.3) is 0 Å². The van der Waals surface area contributed by atoms with Gasteiger partial charge in [0.2, 0.25) is 5.76 Å². The second kappa shape index (κ2) is 7.10. The van der Waals surface area contributed by atoms with Gasteiger partial charge >= 0.3 is 12.0 Å². The van der Waals surface area contributed by atoms with Crippen LogP contribution in [0.1, 0.15) is 43.2 Å². The lowest BCUT2D eigenvalue weighted by atomic mass is 9.77. The maximum atomic E-state index is 12.6. The molecule has 1 aliphatic heterocycles. The van der Waals surface area contributed by atoms with E-state index < -0.39 is 36.0 Å². The summed E-state index contributed by atoms with van der Waals surface area (Å²) in [5.41, 5.74) is 1.24. The van der Waals surface area contributed by atoms with Crippen LogP contribution in [0.2, 0.25) is 0 Å². The van der Waals surface area contributed by atoms with Crippen molar-refractivity contribution in [3.63, 3.8) is 0 Å². The second-order valence-corrected chi connectivity index (χ2v) is 7.33. The Kier molecular flexibility index (Phi) is 5.03. The van der Waals surface area contributed by atoms with Crippen LogP contribution in [0.4, 0.5) is 4.79 Å². The van der Waals surface area contributed by atoms with Crippen LogP contribution < -0.4 is 10.7 Å². The lowest BCUT2D eigenvalue weighted by Crippen LogP contribution is -2.52. The van der Waals surface area contributed by atoms with E-state index in [1.54, 1.807) is 0 Å². The first kappa shape index (κ1) is 18.4. The molecule has 1 saturated heterocycles. The molecule has 2 heterocycles. The van der Waals surface area contributed by atoms with Gasteiger partial charge in [-0.3, -0.25) is 15.0 Å². The SMILES string of the molecule is CC1CCC2(CC1)NC(=O)N(NC(=O)COC(=O)c1ccc(Br)o1)C2=O. The summed E-state index contributed by atoms with van der Waals surface area (Å²) in [7, 11) is 0. The highest BCUT2D eigenvalue weighted by Gasteiger charge is 2.52. The standard InChI is InChI=1S/C16H18BrN3O6/c1-9-4-6-16(7-5-9)14(23)20(15(24)18-16)19-12(21)8-25-13(22)10-2-3-11(17)26-10/h2-3,9H,4-8H2,1H3,(H,18,24)(H,19,21). The number of hydrogen-bond donors (Lipinski definition) is 2. The topological polar surface area (TPSA) is 118 Å². The summed E-state index contributed by atoms with van der Waals surface area (Å²) < 4.78 is 10.2. The average molecular weight is 428 g/mol. The number of furan rings is 1. The van der Waals surface area contributed by atoms with Crippen molar-refractivity contribution < 1.29 is 28.3 Å². The molecule has 1 saturated carbocycles. The monoisotopic (exact) mass is 427 g/mol. The molecule has 26 heavy (non-hydrogen) atoms. The van der Waals surface area contributed by atoms with Gasteiger partial charge in [0.05, 0.1) is 0 Å². The molecule has 0 radical (unpaired) electrons. The van der Waals surface area contributed by atoms with Crippen LogP contribution in [0, 0.1) is 5.92 Å². The summed E-state index contributed by atoms with van der Waals surface area (Å²) in [6.45, 7) is 1.44. The van der Waals surface area contributed by atoms with Crippen LogP contribution in [0.5, 0.6) is 0 Å². The third-order valence-corrected chi connectivity index (χ3v) is 5.06. The predicted molar refractivity (Wildman–Crippen MR) is 90.6 cm³/mol. The van der Waals surface area contributed by atoms with E-state index in [9.17, 15) is 19.2 Å². The van der Waals surface area contributed by atoms with Gasteiger partial charge in [0.15, 0.2) is 11.3 Å². The van der Waals surface area contributed by atoms with E-state index in [4.69, 9.17) is 9.15 Å². The maximum absolute atomic E-state index is 12.6. The fraction of sp³-hybridized carbons (Fsp3) is 0.500. The predicted octanol–water partition coefficient (Wildman–Crippen LogP) is 1.73. The Morgan fingerprint density at radius 1 is 1.38 bits per heavy atom. The quantitative estimate of drug-likeness (QED) is 0.557. The summed E-state index contributed by atoms with van der Waals surface area (Å²) in [6, 6.07) is 2.21. The minimum Gasteiger partial charge on any atom is -0.450 e. The van der Waals surface area contributed by atoms with E-state index >= 15 is 0 Å². The number of ether oxygens (including phenoxy) is 1. The van der Waals surface area contributed by atoms with Crippen LogP contribution in [0.15, 0.2) is 21.2 Å². The highest BCUT2D eigenvalue weighted by molar-refractivity contribution is 9.10. The van der Waals surface area contributed by atoms with Crippen LogP contribution in [-0.2, 0) is 14.3 Å². The van der Waals surface area contributed by atoms with Crippen molar-refractivity contribution in [3.8, 4) is 0 Å². The Hall–Kier alpha value is -2.36. The third-order valence-electron chi connectivity index (χ3n) is 4.63. The minimum atomic E-state index is -0.950. The zero-order valence-corrected chi connectivity index (χ0v) is 15.6. The van der Waals surface area contributed by atoms with E-state index in [1.165, 1.54) is 12.1 Å². The molecule has 1 spiro atoms. The zero-order chi connectivity index (χ0) is 18.9. The molecule has 1 aliphatic carbocycles. The van der Waals surface area contributed by atoms with Gasteiger partial charge < -0.3 is 14.5 Å². The lowest BCUT2D eigenvalue weighted by Gasteiger charge is -2.33. The van der Waals surface area contributed by atoms with E-state index in [-0.39, 0.29) is 5.76 Å². The number of rotatable bonds is 4. The van der Waals surface area contributed by atoms with Crippen molar-refractivity contribution in [3.05, 3.63) is 22.6 Å². The molecule has 1 aromatic heterocycles. The fourth-order valence-corrected chi connectivity index (χ4v) is 3.41. The number of nitrogens with zero attached hydrogens (tertiary/aromatic N) is 1. The molecule has 2 fully saturated rings. The molecule has 2 aliphatic rings. The molecule has 0 atom stereocenters. The highest BCUT2D eigenvalue weighted by Crippen LogP contribution is 2.35. The molecule has 10 heteroatoms. The first-order chi connectivity index (χ1) is 12.3. The van der Waals surface area contributed by atoms with Gasteiger partial charge in [-0.1, -0.05) is 6.92 Å². The molecule has 9 nitrogen and oxygen atoms in total. The van der Waals surface area contributed by atoms with E-state index in [1.807, 2.05) is 0 Å². The number of urea groups is 1. The van der Waals surface area contributed by atoms with Gasteiger partial charge in [-0.15, -0.1) is 0 Å². The Bertz CT molecular complexity index is 753. The normalized spacial score (nSPS) is 25.3. The number of hydrogen-bond acceptors (Lipinski definition) is 6. The summed E-state index contributed by atoms with van der Waals surface area (Å²) in [6.07, 6.45) is 2.72. The smallest absolute Gasteiger partial charge is 0.374 e. The number of carbonyl (C=O) groups is 4. The second-order valence-electron chi connectivity index (χ2n) is 6.55. The molecule has 4 amide bonds. The molecule has 0 unspecified atom stereocenters. The number of halogens is 1. The van der Waals surface area contributed by atoms with Crippen molar-refractivity contribution in [1.29, 1.82) is 0 Å². The first-order valence-electron chi connectivity index (χ1n) is 8.19. The zero-order valence-electron chi connectivity index (χ0n) is 14.0. The average Bonchev–Trinajstić information content (AvgIpc) is 3.13. The van der Waals surface area contributed by atoms with Gasteiger partial charge in [-0.25, -0.2) is 9.59 Å². The van der Waals surface area contributed by atoms with Gasteiger partial charge in [0, 0.05) is 0 Å². The van der Waals surface area contributed by atoms with Crippen molar-refractivity contribution in [2.75, 3.05) is 6.61 Å². The largest absolute Gasteiger partial charge is 0.450 e. The number of imide groups is 1. The summed E-state index contributed by atoms with van der Waals surface area (Å²) in [5, 5.41) is 3.35.